The zero-order valence-corrected chi connectivity index (χ0v) is 11.9. The molecular formula is C16H17N3O. The van der Waals surface area contributed by atoms with Crippen molar-refractivity contribution in [3.63, 3.8) is 0 Å². The molecule has 0 saturated carbocycles. The lowest BCUT2D eigenvalue weighted by atomic mass is 10.1. The molecule has 0 atom stereocenters. The predicted octanol–water partition coefficient (Wildman–Crippen LogP) is 3.28. The van der Waals surface area contributed by atoms with Crippen LogP contribution in [-0.4, -0.2) is 21.7 Å². The fourth-order valence-corrected chi connectivity index (χ4v) is 2.37. The molecule has 0 radical (unpaired) electrons. The van der Waals surface area contributed by atoms with Gasteiger partial charge in [-0.3, -0.25) is 0 Å². The Morgan fingerprint density at radius 1 is 1.20 bits per heavy atom. The third-order valence-electron chi connectivity index (χ3n) is 3.40. The lowest BCUT2D eigenvalue weighted by Gasteiger charge is -2.09. The summed E-state index contributed by atoms with van der Waals surface area (Å²) in [5.41, 5.74) is 5.06. The van der Waals surface area contributed by atoms with E-state index >= 15 is 0 Å². The van der Waals surface area contributed by atoms with Crippen LogP contribution in [0.1, 0.15) is 18.2 Å². The van der Waals surface area contributed by atoms with Gasteiger partial charge in [0, 0.05) is 5.56 Å². The molecule has 0 aliphatic heterocycles. The van der Waals surface area contributed by atoms with E-state index < -0.39 is 0 Å². The van der Waals surface area contributed by atoms with Gasteiger partial charge in [0.15, 0.2) is 5.65 Å². The van der Waals surface area contributed by atoms with Gasteiger partial charge >= 0.3 is 0 Å². The van der Waals surface area contributed by atoms with E-state index in [0.717, 1.165) is 34.8 Å². The van der Waals surface area contributed by atoms with Crippen molar-refractivity contribution in [2.24, 2.45) is 0 Å². The first-order valence-corrected chi connectivity index (χ1v) is 6.71. The minimum Gasteiger partial charge on any atom is -0.496 e. The van der Waals surface area contributed by atoms with Gasteiger partial charge in [-0.15, -0.1) is 0 Å². The zero-order chi connectivity index (χ0) is 14.1. The molecule has 20 heavy (non-hydrogen) atoms. The van der Waals surface area contributed by atoms with Gasteiger partial charge in [0.05, 0.1) is 24.7 Å². The van der Waals surface area contributed by atoms with Gasteiger partial charge in [-0.25, -0.2) is 9.50 Å². The van der Waals surface area contributed by atoms with Crippen LogP contribution in [0.25, 0.3) is 16.9 Å². The van der Waals surface area contributed by atoms with Gasteiger partial charge in [0.2, 0.25) is 0 Å². The van der Waals surface area contributed by atoms with Crippen LogP contribution < -0.4 is 4.74 Å². The molecule has 0 unspecified atom stereocenters. The lowest BCUT2D eigenvalue weighted by molar-refractivity contribution is 0.410. The van der Waals surface area contributed by atoms with Crippen LogP contribution in [0.2, 0.25) is 0 Å². The average Bonchev–Trinajstić information content (AvgIpc) is 2.85. The number of imidazole rings is 1. The van der Waals surface area contributed by atoms with Crippen LogP contribution >= 0.6 is 0 Å². The largest absolute Gasteiger partial charge is 0.496 e. The summed E-state index contributed by atoms with van der Waals surface area (Å²) in [4.78, 5) is 4.39. The van der Waals surface area contributed by atoms with E-state index in [4.69, 9.17) is 4.74 Å². The first-order chi connectivity index (χ1) is 9.71. The van der Waals surface area contributed by atoms with Gasteiger partial charge in [0.1, 0.15) is 5.75 Å². The summed E-state index contributed by atoms with van der Waals surface area (Å²) in [5, 5.41) is 4.61. The maximum Gasteiger partial charge on any atom is 0.153 e. The van der Waals surface area contributed by atoms with Crippen LogP contribution in [0.4, 0.5) is 0 Å². The summed E-state index contributed by atoms with van der Waals surface area (Å²) in [6.45, 7) is 4.09. The third-order valence-corrected chi connectivity index (χ3v) is 3.40. The smallest absolute Gasteiger partial charge is 0.153 e. The second-order valence-corrected chi connectivity index (χ2v) is 4.78. The number of ether oxygens (including phenoxy) is 1. The van der Waals surface area contributed by atoms with Gasteiger partial charge in [-0.05, 0) is 49.2 Å². The van der Waals surface area contributed by atoms with Crippen molar-refractivity contribution in [3.8, 4) is 17.0 Å². The standard InChI is InChI=1S/C16H17N3O/c1-4-12-9-13(5-7-15(12)20-3)14-6-8-16-17-11(2)10-19(16)18-14/h5-10H,4H2,1-3H3. The molecule has 0 amide bonds. The summed E-state index contributed by atoms with van der Waals surface area (Å²) in [5.74, 6) is 0.927. The SMILES string of the molecule is CCc1cc(-c2ccc3nc(C)cn3n2)ccc1OC. The van der Waals surface area contributed by atoms with Gasteiger partial charge in [-0.2, -0.15) is 5.10 Å². The van der Waals surface area contributed by atoms with Crippen molar-refractivity contribution >= 4 is 5.65 Å². The summed E-state index contributed by atoms with van der Waals surface area (Å²) < 4.78 is 7.18. The summed E-state index contributed by atoms with van der Waals surface area (Å²) in [7, 11) is 1.70. The van der Waals surface area contributed by atoms with E-state index in [-0.39, 0.29) is 0 Å². The van der Waals surface area contributed by atoms with Crippen LogP contribution in [0.3, 0.4) is 0 Å². The number of hydrogen-bond donors (Lipinski definition) is 0. The van der Waals surface area contributed by atoms with Crippen LogP contribution in [-0.2, 0) is 6.42 Å². The number of benzene rings is 1. The maximum absolute atomic E-state index is 5.37. The summed E-state index contributed by atoms with van der Waals surface area (Å²) in [6, 6.07) is 10.2. The zero-order valence-electron chi connectivity index (χ0n) is 11.9. The Kier molecular flexibility index (Phi) is 3.14. The van der Waals surface area contributed by atoms with E-state index in [1.165, 1.54) is 5.56 Å². The summed E-state index contributed by atoms with van der Waals surface area (Å²) >= 11 is 0. The number of nitrogens with zero attached hydrogens (tertiary/aromatic N) is 3. The Morgan fingerprint density at radius 3 is 2.80 bits per heavy atom. The van der Waals surface area contributed by atoms with E-state index in [1.807, 2.05) is 41.9 Å². The Morgan fingerprint density at radius 2 is 2.05 bits per heavy atom. The molecule has 0 N–H and O–H groups in total. The highest BCUT2D eigenvalue weighted by Gasteiger charge is 2.07. The molecule has 0 fully saturated rings. The number of fused-ring (bicyclic) bond motifs is 1. The molecular weight excluding hydrogens is 250 g/mol. The summed E-state index contributed by atoms with van der Waals surface area (Å²) in [6.07, 6.45) is 2.87. The van der Waals surface area contributed by atoms with Crippen molar-refractivity contribution in [3.05, 3.63) is 47.8 Å². The maximum atomic E-state index is 5.37. The van der Waals surface area contributed by atoms with Crippen molar-refractivity contribution in [2.75, 3.05) is 7.11 Å². The van der Waals surface area contributed by atoms with Crippen molar-refractivity contribution in [2.45, 2.75) is 20.3 Å². The first kappa shape index (κ1) is 12.7. The molecule has 102 valence electrons. The Hall–Kier alpha value is -2.36. The third kappa shape index (κ3) is 2.13. The molecule has 4 heteroatoms. The fraction of sp³-hybridized carbons (Fsp3) is 0.250. The number of aryl methyl sites for hydroxylation is 2. The average molecular weight is 267 g/mol. The van der Waals surface area contributed by atoms with Crippen LogP contribution in [0, 0.1) is 6.92 Å². The highest BCUT2D eigenvalue weighted by Crippen LogP contribution is 2.26. The second-order valence-electron chi connectivity index (χ2n) is 4.78. The molecule has 0 spiro atoms. The molecule has 0 aliphatic rings. The minimum atomic E-state index is 0.871. The van der Waals surface area contributed by atoms with Crippen molar-refractivity contribution < 1.29 is 4.74 Å². The molecule has 0 saturated heterocycles. The minimum absolute atomic E-state index is 0.871. The van der Waals surface area contributed by atoms with Crippen molar-refractivity contribution in [1.82, 2.24) is 14.6 Å². The lowest BCUT2D eigenvalue weighted by Crippen LogP contribution is -1.95. The molecule has 0 aliphatic carbocycles. The second kappa shape index (κ2) is 4.96. The van der Waals surface area contributed by atoms with Gasteiger partial charge in [-0.1, -0.05) is 6.92 Å². The van der Waals surface area contributed by atoms with E-state index in [1.54, 1.807) is 7.11 Å². The quantitative estimate of drug-likeness (QED) is 0.731. The number of methoxy groups -OCH3 is 1. The Bertz CT molecular complexity index is 762. The molecule has 0 bridgehead atoms. The highest BCUT2D eigenvalue weighted by atomic mass is 16.5. The Labute approximate surface area is 118 Å². The molecule has 1 aromatic carbocycles. The normalized spacial score (nSPS) is 10.9. The number of hydrogen-bond acceptors (Lipinski definition) is 3. The topological polar surface area (TPSA) is 39.4 Å². The van der Waals surface area contributed by atoms with Crippen LogP contribution in [0.15, 0.2) is 36.5 Å². The van der Waals surface area contributed by atoms with Gasteiger partial charge in [0.25, 0.3) is 0 Å². The molecule has 3 aromatic rings. The predicted molar refractivity (Wildman–Crippen MR) is 79.1 cm³/mol. The first-order valence-electron chi connectivity index (χ1n) is 6.71. The highest BCUT2D eigenvalue weighted by molar-refractivity contribution is 5.63. The number of aromatic nitrogens is 3. The molecule has 2 aromatic heterocycles. The van der Waals surface area contributed by atoms with Crippen LogP contribution in [0.5, 0.6) is 5.75 Å². The van der Waals surface area contributed by atoms with Gasteiger partial charge < -0.3 is 4.74 Å². The number of rotatable bonds is 3. The monoisotopic (exact) mass is 267 g/mol. The molecule has 4 nitrogen and oxygen atoms in total. The molecule has 3 rings (SSSR count). The van der Waals surface area contributed by atoms with E-state index in [2.05, 4.69) is 23.1 Å². The van der Waals surface area contributed by atoms with E-state index in [0.29, 0.717) is 0 Å². The fourth-order valence-electron chi connectivity index (χ4n) is 2.37. The Balaban J connectivity index is 2.09. The van der Waals surface area contributed by atoms with E-state index in [9.17, 15) is 0 Å². The molecule has 2 heterocycles. The van der Waals surface area contributed by atoms with Crippen molar-refractivity contribution in [1.29, 1.82) is 0 Å².